The fourth-order valence-corrected chi connectivity index (χ4v) is 2.94. The molecule has 0 aliphatic rings. The molecule has 0 saturated heterocycles. The monoisotopic (exact) mass is 489 g/mol. The molecule has 0 aliphatic carbocycles. The van der Waals surface area contributed by atoms with E-state index in [0.29, 0.717) is 22.7 Å². The lowest BCUT2D eigenvalue weighted by atomic mass is 10.2. The third-order valence-corrected chi connectivity index (χ3v) is 4.36. The van der Waals surface area contributed by atoms with Crippen molar-refractivity contribution in [2.24, 2.45) is 10.7 Å². The first-order chi connectivity index (χ1) is 11.7. The van der Waals surface area contributed by atoms with Crippen LogP contribution in [0.5, 0.6) is 0 Å². The Balaban J connectivity index is 0.00000225. The van der Waals surface area contributed by atoms with Crippen LogP contribution in [-0.2, 0) is 13.0 Å². The lowest BCUT2D eigenvalue weighted by Crippen LogP contribution is -2.33. The standard InChI is InChI=1S/C16H16ClN5OS.HI/c17-12-4-1-3-11(9-12)15-21-14(23-22-15)10-20-16(18)19-7-6-13-5-2-8-24-13;/h1-5,8-9H,6-7,10H2,(H3,18,19,20);1H. The molecule has 0 fully saturated rings. The van der Waals surface area contributed by atoms with Crippen molar-refractivity contribution in [1.82, 2.24) is 15.5 Å². The molecule has 6 nitrogen and oxygen atoms in total. The van der Waals surface area contributed by atoms with Crippen molar-refractivity contribution in [2.45, 2.75) is 13.0 Å². The number of aromatic nitrogens is 2. The largest absolute Gasteiger partial charge is 0.370 e. The van der Waals surface area contributed by atoms with E-state index in [0.717, 1.165) is 18.5 Å². The van der Waals surface area contributed by atoms with E-state index >= 15 is 0 Å². The van der Waals surface area contributed by atoms with Gasteiger partial charge in [-0.1, -0.05) is 35.0 Å². The van der Waals surface area contributed by atoms with Crippen molar-refractivity contribution in [3.05, 3.63) is 57.6 Å². The van der Waals surface area contributed by atoms with Gasteiger partial charge in [0, 0.05) is 22.0 Å². The highest BCUT2D eigenvalue weighted by Gasteiger charge is 2.08. The smallest absolute Gasteiger partial charge is 0.248 e. The normalized spacial score (nSPS) is 11.2. The molecular weight excluding hydrogens is 473 g/mol. The zero-order valence-electron chi connectivity index (χ0n) is 13.2. The average Bonchev–Trinajstić information content (AvgIpc) is 3.25. The molecule has 3 rings (SSSR count). The van der Waals surface area contributed by atoms with Crippen LogP contribution in [-0.4, -0.2) is 22.6 Å². The maximum atomic E-state index is 5.96. The highest BCUT2D eigenvalue weighted by atomic mass is 127. The van der Waals surface area contributed by atoms with Crippen LogP contribution >= 0.6 is 46.9 Å². The van der Waals surface area contributed by atoms with Gasteiger partial charge in [-0.15, -0.1) is 35.3 Å². The van der Waals surface area contributed by atoms with E-state index in [-0.39, 0.29) is 30.5 Å². The first-order valence-corrected chi connectivity index (χ1v) is 8.61. The molecule has 0 bridgehead atoms. The fraction of sp³-hybridized carbons (Fsp3) is 0.188. The molecule has 0 unspecified atom stereocenters. The number of rotatable bonds is 6. The van der Waals surface area contributed by atoms with Crippen LogP contribution in [0.4, 0.5) is 0 Å². The third kappa shape index (κ3) is 5.98. The fourth-order valence-electron chi connectivity index (χ4n) is 2.04. The van der Waals surface area contributed by atoms with Gasteiger partial charge in [-0.05, 0) is 30.0 Å². The number of hydrogen-bond acceptors (Lipinski definition) is 5. The summed E-state index contributed by atoms with van der Waals surface area (Å²) in [6.45, 7) is 0.957. The Labute approximate surface area is 171 Å². The Hall–Kier alpha value is -1.65. The Morgan fingerprint density at radius 3 is 2.96 bits per heavy atom. The summed E-state index contributed by atoms with van der Waals surface area (Å²) in [5.41, 5.74) is 6.63. The van der Waals surface area contributed by atoms with Crippen LogP contribution in [0.3, 0.4) is 0 Å². The molecule has 0 atom stereocenters. The van der Waals surface area contributed by atoms with Crippen molar-refractivity contribution in [2.75, 3.05) is 6.54 Å². The molecule has 0 spiro atoms. The second-order valence-corrected chi connectivity index (χ2v) is 6.45. The van der Waals surface area contributed by atoms with Gasteiger partial charge < -0.3 is 15.6 Å². The van der Waals surface area contributed by atoms with Gasteiger partial charge in [-0.25, -0.2) is 4.99 Å². The summed E-state index contributed by atoms with van der Waals surface area (Å²) in [4.78, 5) is 9.80. The summed E-state index contributed by atoms with van der Waals surface area (Å²) in [5, 5.41) is 9.67. The number of aliphatic imine (C=N–C) groups is 1. The van der Waals surface area contributed by atoms with Crippen LogP contribution < -0.4 is 11.1 Å². The van der Waals surface area contributed by atoms with Crippen LogP contribution in [0.1, 0.15) is 10.8 Å². The number of hydrogen-bond donors (Lipinski definition) is 2. The van der Waals surface area contributed by atoms with Crippen LogP contribution in [0.15, 0.2) is 51.3 Å². The van der Waals surface area contributed by atoms with E-state index in [2.05, 4.69) is 31.9 Å². The predicted octanol–water partition coefficient (Wildman–Crippen LogP) is 3.72. The minimum absolute atomic E-state index is 0. The number of nitrogens with one attached hydrogen (secondary N) is 1. The molecule has 0 saturated carbocycles. The SMILES string of the molecule is I.NC(=NCc1nc(-c2cccc(Cl)c2)no1)NCCc1cccs1. The van der Waals surface area contributed by atoms with Gasteiger partial charge in [-0.2, -0.15) is 4.98 Å². The Kier molecular flexibility index (Phi) is 7.66. The molecule has 132 valence electrons. The summed E-state index contributed by atoms with van der Waals surface area (Å²) >= 11 is 7.68. The van der Waals surface area contributed by atoms with Crippen LogP contribution in [0.2, 0.25) is 5.02 Å². The molecule has 0 amide bonds. The highest BCUT2D eigenvalue weighted by Crippen LogP contribution is 2.20. The van der Waals surface area contributed by atoms with Gasteiger partial charge in [0.05, 0.1) is 0 Å². The number of benzene rings is 1. The first kappa shape index (κ1) is 19.7. The van der Waals surface area contributed by atoms with Crippen molar-refractivity contribution in [1.29, 1.82) is 0 Å². The summed E-state index contributed by atoms with van der Waals surface area (Å²) in [6.07, 6.45) is 0.910. The van der Waals surface area contributed by atoms with Gasteiger partial charge in [0.15, 0.2) is 5.96 Å². The zero-order chi connectivity index (χ0) is 16.8. The summed E-state index contributed by atoms with van der Waals surface area (Å²) < 4.78 is 5.18. The maximum absolute atomic E-state index is 5.96. The molecule has 9 heteroatoms. The highest BCUT2D eigenvalue weighted by molar-refractivity contribution is 14.0. The van der Waals surface area contributed by atoms with E-state index in [1.807, 2.05) is 18.2 Å². The Morgan fingerprint density at radius 1 is 1.32 bits per heavy atom. The summed E-state index contributed by atoms with van der Waals surface area (Å²) in [7, 11) is 0. The predicted molar refractivity (Wildman–Crippen MR) is 112 cm³/mol. The molecule has 0 aliphatic heterocycles. The first-order valence-electron chi connectivity index (χ1n) is 7.35. The Bertz CT molecular complexity index is 822. The summed E-state index contributed by atoms with van der Waals surface area (Å²) in [5.74, 6) is 1.23. The summed E-state index contributed by atoms with van der Waals surface area (Å²) in [6, 6.07) is 11.4. The van der Waals surface area contributed by atoms with E-state index in [4.69, 9.17) is 21.9 Å². The third-order valence-electron chi connectivity index (χ3n) is 3.19. The van der Waals surface area contributed by atoms with Gasteiger partial charge in [0.1, 0.15) is 6.54 Å². The molecule has 2 aromatic heterocycles. The van der Waals surface area contributed by atoms with Gasteiger partial charge in [0.2, 0.25) is 11.7 Å². The second-order valence-electron chi connectivity index (χ2n) is 4.98. The van der Waals surface area contributed by atoms with Crippen molar-refractivity contribution < 1.29 is 4.52 Å². The molecule has 3 aromatic rings. The van der Waals surface area contributed by atoms with Gasteiger partial charge in [0.25, 0.3) is 0 Å². The molecule has 3 N–H and O–H groups in total. The average molecular weight is 490 g/mol. The number of thiophene rings is 1. The van der Waals surface area contributed by atoms with Crippen LogP contribution in [0, 0.1) is 0 Å². The second kappa shape index (κ2) is 9.73. The van der Waals surface area contributed by atoms with Crippen LogP contribution in [0.25, 0.3) is 11.4 Å². The molecule has 2 heterocycles. The minimum atomic E-state index is 0. The zero-order valence-corrected chi connectivity index (χ0v) is 17.1. The maximum Gasteiger partial charge on any atom is 0.248 e. The molecule has 25 heavy (non-hydrogen) atoms. The van der Waals surface area contributed by atoms with E-state index in [1.165, 1.54) is 4.88 Å². The topological polar surface area (TPSA) is 89.3 Å². The number of nitrogens with zero attached hydrogens (tertiary/aromatic N) is 3. The quantitative estimate of drug-likeness (QED) is 0.313. The van der Waals surface area contributed by atoms with Gasteiger partial charge in [-0.3, -0.25) is 0 Å². The van der Waals surface area contributed by atoms with E-state index in [9.17, 15) is 0 Å². The van der Waals surface area contributed by atoms with E-state index < -0.39 is 0 Å². The molecular formula is C16H17ClIN5OS. The number of halogens is 2. The lowest BCUT2D eigenvalue weighted by Gasteiger charge is -2.03. The number of guanidine groups is 1. The molecule has 0 radical (unpaired) electrons. The number of nitrogens with two attached hydrogens (primary N) is 1. The minimum Gasteiger partial charge on any atom is -0.370 e. The van der Waals surface area contributed by atoms with Crippen molar-refractivity contribution >= 4 is 52.9 Å². The van der Waals surface area contributed by atoms with Crippen molar-refractivity contribution in [3.63, 3.8) is 0 Å². The lowest BCUT2D eigenvalue weighted by molar-refractivity contribution is 0.381. The van der Waals surface area contributed by atoms with Crippen molar-refractivity contribution in [3.8, 4) is 11.4 Å². The molecule has 1 aromatic carbocycles. The van der Waals surface area contributed by atoms with E-state index in [1.54, 1.807) is 23.5 Å². The van der Waals surface area contributed by atoms with Gasteiger partial charge >= 0.3 is 0 Å². The Morgan fingerprint density at radius 2 is 2.20 bits per heavy atom.